The summed E-state index contributed by atoms with van der Waals surface area (Å²) in [6.07, 6.45) is 8.05. The van der Waals surface area contributed by atoms with Crippen molar-refractivity contribution in [2.45, 2.75) is 63.6 Å². The molecule has 1 amide bonds. The molecule has 3 N–H and O–H groups in total. The number of nitrogens with two attached hydrogens (primary N) is 1. The fourth-order valence-corrected chi connectivity index (χ4v) is 4.49. The van der Waals surface area contributed by atoms with Crippen LogP contribution in [0.25, 0.3) is 0 Å². The van der Waals surface area contributed by atoms with Crippen LogP contribution in [-0.2, 0) is 11.3 Å². The molecule has 1 saturated carbocycles. The third-order valence-electron chi connectivity index (χ3n) is 4.49. The Morgan fingerprint density at radius 3 is 2.77 bits per heavy atom. The molecular formula is C15H23N3O2S2. The lowest BCUT2D eigenvalue weighted by Crippen LogP contribution is -2.36. The molecule has 2 fully saturated rings. The fraction of sp³-hybridized carbons (Fsp3) is 0.733. The quantitative estimate of drug-likeness (QED) is 0.826. The van der Waals surface area contributed by atoms with E-state index >= 15 is 0 Å². The lowest BCUT2D eigenvalue weighted by atomic mass is 9.95. The monoisotopic (exact) mass is 341 g/mol. The van der Waals surface area contributed by atoms with Gasteiger partial charge in [-0.2, -0.15) is 0 Å². The maximum absolute atomic E-state index is 12.5. The predicted octanol–water partition coefficient (Wildman–Crippen LogP) is 3.10. The Morgan fingerprint density at radius 2 is 2.09 bits per heavy atom. The number of carbonyl (C=O) groups excluding carboxylic acids is 1. The minimum atomic E-state index is -0.0772. The van der Waals surface area contributed by atoms with Gasteiger partial charge in [-0.1, -0.05) is 30.6 Å². The average Bonchev–Trinajstić information content (AvgIpc) is 3.12. The topological polar surface area (TPSA) is 69.3 Å². The molecule has 1 aliphatic heterocycles. The minimum Gasteiger partial charge on any atom is -0.384 e. The highest BCUT2D eigenvalue weighted by Crippen LogP contribution is 2.26. The predicted molar refractivity (Wildman–Crippen MR) is 90.9 cm³/mol. The molecular weight excluding hydrogens is 318 g/mol. The second-order valence-corrected chi connectivity index (χ2v) is 7.78. The Balaban J connectivity index is 1.70. The number of aromatic nitrogens is 1. The van der Waals surface area contributed by atoms with Crippen LogP contribution in [0.15, 0.2) is 0 Å². The number of hydrogen-bond donors (Lipinski definition) is 2. The Bertz CT molecular complexity index is 584. The lowest BCUT2D eigenvalue weighted by Gasteiger charge is -2.22. The van der Waals surface area contributed by atoms with Crippen LogP contribution in [0.3, 0.4) is 0 Å². The van der Waals surface area contributed by atoms with E-state index in [4.69, 9.17) is 22.7 Å². The normalized spacial score (nSPS) is 22.8. The first-order chi connectivity index (χ1) is 10.6. The standard InChI is InChI=1S/C15H23N3O2S2/c16-13-12(14(19)17-10-5-2-1-3-6-10)22-15(21)18(13)9-11-7-4-8-20-11/h10-11H,1-9,16H2,(H,17,19). The first kappa shape index (κ1) is 16.0. The number of amides is 1. The van der Waals surface area contributed by atoms with Gasteiger partial charge in [0.05, 0.1) is 12.6 Å². The van der Waals surface area contributed by atoms with E-state index in [1.165, 1.54) is 30.6 Å². The summed E-state index contributed by atoms with van der Waals surface area (Å²) in [5.74, 6) is 0.408. The van der Waals surface area contributed by atoms with Gasteiger partial charge >= 0.3 is 0 Å². The number of thiazole rings is 1. The molecule has 1 aromatic rings. The number of ether oxygens (including phenoxy) is 1. The number of rotatable bonds is 4. The van der Waals surface area contributed by atoms with Crippen LogP contribution in [-0.4, -0.2) is 29.2 Å². The van der Waals surface area contributed by atoms with Crippen LogP contribution in [0.5, 0.6) is 0 Å². The zero-order valence-corrected chi connectivity index (χ0v) is 14.3. The van der Waals surface area contributed by atoms with E-state index in [9.17, 15) is 4.79 Å². The molecule has 2 heterocycles. The second kappa shape index (κ2) is 7.10. The molecule has 0 spiro atoms. The van der Waals surface area contributed by atoms with Crippen LogP contribution in [0, 0.1) is 3.95 Å². The molecule has 1 aliphatic carbocycles. The molecule has 1 saturated heterocycles. The van der Waals surface area contributed by atoms with Crippen molar-refractivity contribution in [1.82, 2.24) is 9.88 Å². The summed E-state index contributed by atoms with van der Waals surface area (Å²) in [6.45, 7) is 1.45. The van der Waals surface area contributed by atoms with E-state index in [-0.39, 0.29) is 18.1 Å². The zero-order chi connectivity index (χ0) is 15.5. The van der Waals surface area contributed by atoms with Crippen molar-refractivity contribution in [2.24, 2.45) is 0 Å². The van der Waals surface area contributed by atoms with E-state index in [2.05, 4.69) is 5.32 Å². The van der Waals surface area contributed by atoms with Crippen molar-refractivity contribution in [3.63, 3.8) is 0 Å². The summed E-state index contributed by atoms with van der Waals surface area (Å²) >= 11 is 6.69. The summed E-state index contributed by atoms with van der Waals surface area (Å²) < 4.78 is 8.15. The summed E-state index contributed by atoms with van der Waals surface area (Å²) in [6, 6.07) is 0.280. The Morgan fingerprint density at radius 1 is 1.32 bits per heavy atom. The number of carbonyl (C=O) groups is 1. The van der Waals surface area contributed by atoms with Gasteiger partial charge in [0.1, 0.15) is 10.7 Å². The smallest absolute Gasteiger partial charge is 0.265 e. The van der Waals surface area contributed by atoms with E-state index in [1.807, 2.05) is 4.57 Å². The largest absolute Gasteiger partial charge is 0.384 e. The van der Waals surface area contributed by atoms with Gasteiger partial charge in [-0.3, -0.25) is 4.79 Å². The van der Waals surface area contributed by atoms with Gasteiger partial charge in [-0.05, 0) is 37.9 Å². The van der Waals surface area contributed by atoms with Crippen LogP contribution in [0.4, 0.5) is 5.82 Å². The van der Waals surface area contributed by atoms with E-state index < -0.39 is 0 Å². The highest BCUT2D eigenvalue weighted by molar-refractivity contribution is 7.73. The third-order valence-corrected chi connectivity index (χ3v) is 5.95. The van der Waals surface area contributed by atoms with Gasteiger partial charge in [0, 0.05) is 12.6 Å². The molecule has 0 aromatic carbocycles. The fourth-order valence-electron chi connectivity index (χ4n) is 3.24. The Kier molecular flexibility index (Phi) is 5.15. The molecule has 1 unspecified atom stereocenters. The summed E-state index contributed by atoms with van der Waals surface area (Å²) in [4.78, 5) is 13.0. The second-order valence-electron chi connectivity index (χ2n) is 6.14. The molecule has 3 rings (SSSR count). The number of hydrogen-bond acceptors (Lipinski definition) is 5. The van der Waals surface area contributed by atoms with Crippen molar-refractivity contribution in [3.8, 4) is 0 Å². The van der Waals surface area contributed by atoms with E-state index in [1.54, 1.807) is 0 Å². The maximum atomic E-state index is 12.5. The zero-order valence-electron chi connectivity index (χ0n) is 12.7. The van der Waals surface area contributed by atoms with Gasteiger partial charge in [-0.15, -0.1) is 0 Å². The molecule has 0 radical (unpaired) electrons. The molecule has 5 nitrogen and oxygen atoms in total. The summed E-state index contributed by atoms with van der Waals surface area (Å²) in [5.41, 5.74) is 6.18. The van der Waals surface area contributed by atoms with E-state index in [0.29, 0.717) is 21.2 Å². The van der Waals surface area contributed by atoms with Crippen molar-refractivity contribution in [1.29, 1.82) is 0 Å². The number of nitrogens with zero attached hydrogens (tertiary/aromatic N) is 1. The van der Waals surface area contributed by atoms with Gasteiger partial charge in [-0.25, -0.2) is 0 Å². The Hall–Kier alpha value is -0.920. The van der Waals surface area contributed by atoms with Crippen LogP contribution >= 0.6 is 23.6 Å². The SMILES string of the molecule is Nc1c(C(=O)NC2CCCCC2)sc(=S)n1CC1CCCO1. The summed E-state index contributed by atoms with van der Waals surface area (Å²) in [7, 11) is 0. The molecule has 22 heavy (non-hydrogen) atoms. The highest BCUT2D eigenvalue weighted by atomic mass is 32.1. The molecule has 1 aromatic heterocycles. The van der Waals surface area contributed by atoms with Crippen LogP contribution in [0.2, 0.25) is 0 Å². The number of anilines is 1. The summed E-state index contributed by atoms with van der Waals surface area (Å²) in [5, 5.41) is 3.11. The van der Waals surface area contributed by atoms with Crippen molar-refractivity contribution in [3.05, 3.63) is 8.83 Å². The number of nitrogens with one attached hydrogen (secondary N) is 1. The van der Waals surface area contributed by atoms with Gasteiger partial charge in [0.15, 0.2) is 3.95 Å². The Labute approximate surface area is 139 Å². The van der Waals surface area contributed by atoms with Crippen LogP contribution < -0.4 is 11.1 Å². The van der Waals surface area contributed by atoms with E-state index in [0.717, 1.165) is 32.3 Å². The molecule has 1 atom stereocenters. The maximum Gasteiger partial charge on any atom is 0.265 e. The van der Waals surface area contributed by atoms with Crippen molar-refractivity contribution >= 4 is 35.3 Å². The van der Waals surface area contributed by atoms with Gasteiger partial charge in [0.25, 0.3) is 5.91 Å². The lowest BCUT2D eigenvalue weighted by molar-refractivity contribution is 0.0926. The minimum absolute atomic E-state index is 0.0772. The third kappa shape index (κ3) is 3.52. The first-order valence-electron chi connectivity index (χ1n) is 8.06. The average molecular weight is 342 g/mol. The first-order valence-corrected chi connectivity index (χ1v) is 9.29. The molecule has 0 bridgehead atoms. The highest BCUT2D eigenvalue weighted by Gasteiger charge is 2.23. The van der Waals surface area contributed by atoms with Crippen molar-refractivity contribution < 1.29 is 9.53 Å². The van der Waals surface area contributed by atoms with Crippen LogP contribution in [0.1, 0.15) is 54.6 Å². The molecule has 2 aliphatic rings. The van der Waals surface area contributed by atoms with Crippen molar-refractivity contribution in [2.75, 3.05) is 12.3 Å². The molecule has 7 heteroatoms. The number of nitrogen functional groups attached to an aromatic ring is 1. The molecule has 122 valence electrons. The van der Waals surface area contributed by atoms with Gasteiger partial charge in [0.2, 0.25) is 0 Å². The van der Waals surface area contributed by atoms with Gasteiger partial charge < -0.3 is 20.4 Å².